The first-order valence-electron chi connectivity index (χ1n) is 10.9. The molecule has 166 valence electrons. The zero-order valence-electron chi connectivity index (χ0n) is 18.8. The summed E-state index contributed by atoms with van der Waals surface area (Å²) in [5.74, 6) is 1.27. The van der Waals surface area contributed by atoms with Gasteiger partial charge in [0.05, 0.1) is 0 Å². The molecule has 2 unspecified atom stereocenters. The number of aryl methyl sites for hydroxylation is 2. The number of nitrogens with zero attached hydrogens (tertiary/aromatic N) is 2. The van der Waals surface area contributed by atoms with Crippen molar-refractivity contribution in [3.05, 3.63) is 59.7 Å². The van der Waals surface area contributed by atoms with Gasteiger partial charge in [0.2, 0.25) is 0 Å². The number of benzene rings is 2. The van der Waals surface area contributed by atoms with Crippen molar-refractivity contribution in [2.45, 2.75) is 46.3 Å². The second kappa shape index (κ2) is 10.3. The first-order valence-corrected chi connectivity index (χ1v) is 10.9. The first-order chi connectivity index (χ1) is 14.8. The summed E-state index contributed by atoms with van der Waals surface area (Å²) >= 11 is 0. The maximum Gasteiger partial charge on any atom is 0.263 e. The number of rotatable bonds is 6. The van der Waals surface area contributed by atoms with Gasteiger partial charge < -0.3 is 19.3 Å². The standard InChI is InChI=1S/C25H32N2O4/c1-18-8-5-10-22(16-18)30-20(3)24(28)26-12-7-13-27(15-14-26)25(29)21(4)31-23-11-6-9-19(2)17-23/h5-6,8-11,16-17,20-21H,7,12-15H2,1-4H3. The van der Waals surface area contributed by atoms with Gasteiger partial charge in [-0.3, -0.25) is 9.59 Å². The van der Waals surface area contributed by atoms with E-state index in [1.165, 1.54) is 0 Å². The number of carbonyl (C=O) groups is 2. The van der Waals surface area contributed by atoms with Crippen LogP contribution in [0.2, 0.25) is 0 Å². The Morgan fingerprint density at radius 1 is 0.742 bits per heavy atom. The van der Waals surface area contributed by atoms with Crippen LogP contribution in [0.3, 0.4) is 0 Å². The molecule has 31 heavy (non-hydrogen) atoms. The highest BCUT2D eigenvalue weighted by Gasteiger charge is 2.28. The van der Waals surface area contributed by atoms with Crippen LogP contribution in [0.1, 0.15) is 31.4 Å². The van der Waals surface area contributed by atoms with Gasteiger partial charge in [0, 0.05) is 26.2 Å². The third-order valence-electron chi connectivity index (χ3n) is 5.42. The molecule has 1 heterocycles. The minimum Gasteiger partial charge on any atom is -0.481 e. The molecule has 6 heteroatoms. The molecule has 1 aliphatic heterocycles. The fourth-order valence-corrected chi connectivity index (χ4v) is 3.76. The normalized spacial score (nSPS) is 16.3. The molecule has 3 rings (SSSR count). The SMILES string of the molecule is Cc1cccc(OC(C)C(=O)N2CCCN(C(=O)C(C)Oc3cccc(C)c3)CC2)c1. The van der Waals surface area contributed by atoms with Gasteiger partial charge in [-0.1, -0.05) is 24.3 Å². The highest BCUT2D eigenvalue weighted by Crippen LogP contribution is 2.17. The number of hydrogen-bond donors (Lipinski definition) is 0. The summed E-state index contributed by atoms with van der Waals surface area (Å²) in [4.78, 5) is 29.4. The van der Waals surface area contributed by atoms with Crippen LogP contribution in [0.15, 0.2) is 48.5 Å². The topological polar surface area (TPSA) is 59.1 Å². The van der Waals surface area contributed by atoms with Crippen molar-refractivity contribution in [3.8, 4) is 11.5 Å². The second-order valence-corrected chi connectivity index (χ2v) is 8.16. The summed E-state index contributed by atoms with van der Waals surface area (Å²) < 4.78 is 11.7. The van der Waals surface area contributed by atoms with Crippen molar-refractivity contribution in [1.82, 2.24) is 9.80 Å². The minimum absolute atomic E-state index is 0.0557. The third kappa shape index (κ3) is 6.23. The van der Waals surface area contributed by atoms with Crippen LogP contribution in [0.4, 0.5) is 0 Å². The zero-order chi connectivity index (χ0) is 22.4. The van der Waals surface area contributed by atoms with Crippen molar-refractivity contribution in [1.29, 1.82) is 0 Å². The lowest BCUT2D eigenvalue weighted by Gasteiger charge is -2.26. The molecular formula is C25H32N2O4. The molecule has 2 aromatic rings. The van der Waals surface area contributed by atoms with E-state index in [2.05, 4.69) is 0 Å². The molecule has 2 atom stereocenters. The Kier molecular flexibility index (Phi) is 7.55. The molecule has 2 amide bonds. The number of hydrogen-bond acceptors (Lipinski definition) is 4. The van der Waals surface area contributed by atoms with E-state index in [1.807, 2.05) is 62.4 Å². The van der Waals surface area contributed by atoms with E-state index in [1.54, 1.807) is 23.6 Å². The Morgan fingerprint density at radius 3 is 1.55 bits per heavy atom. The Bertz CT molecular complexity index is 840. The van der Waals surface area contributed by atoms with Gasteiger partial charge in [0.1, 0.15) is 11.5 Å². The largest absolute Gasteiger partial charge is 0.481 e. The summed E-state index contributed by atoms with van der Waals surface area (Å²) in [7, 11) is 0. The molecule has 6 nitrogen and oxygen atoms in total. The Balaban J connectivity index is 1.54. The van der Waals surface area contributed by atoms with Gasteiger partial charge in [-0.25, -0.2) is 0 Å². The van der Waals surface area contributed by atoms with E-state index < -0.39 is 12.2 Å². The quantitative estimate of drug-likeness (QED) is 0.711. The third-order valence-corrected chi connectivity index (χ3v) is 5.42. The van der Waals surface area contributed by atoms with Crippen LogP contribution in [0, 0.1) is 13.8 Å². The highest BCUT2D eigenvalue weighted by molar-refractivity contribution is 5.82. The Morgan fingerprint density at radius 2 is 1.16 bits per heavy atom. The van der Waals surface area contributed by atoms with Gasteiger partial charge in [-0.05, 0) is 69.5 Å². The highest BCUT2D eigenvalue weighted by atomic mass is 16.5. The van der Waals surface area contributed by atoms with E-state index in [-0.39, 0.29) is 11.8 Å². The summed E-state index contributed by atoms with van der Waals surface area (Å²) in [5.41, 5.74) is 2.17. The van der Waals surface area contributed by atoms with Crippen molar-refractivity contribution >= 4 is 11.8 Å². The monoisotopic (exact) mass is 424 g/mol. The van der Waals surface area contributed by atoms with E-state index in [0.29, 0.717) is 37.7 Å². The maximum absolute atomic E-state index is 12.9. The van der Waals surface area contributed by atoms with Crippen LogP contribution in [0.25, 0.3) is 0 Å². The summed E-state index contributed by atoms with van der Waals surface area (Å²) in [6.07, 6.45) is -0.425. The molecule has 0 aromatic heterocycles. The maximum atomic E-state index is 12.9. The van der Waals surface area contributed by atoms with Gasteiger partial charge in [0.25, 0.3) is 11.8 Å². The van der Waals surface area contributed by atoms with Gasteiger partial charge in [-0.15, -0.1) is 0 Å². The van der Waals surface area contributed by atoms with Crippen molar-refractivity contribution in [3.63, 3.8) is 0 Å². The van der Waals surface area contributed by atoms with Gasteiger partial charge in [-0.2, -0.15) is 0 Å². The molecule has 0 N–H and O–H groups in total. The molecule has 1 fully saturated rings. The van der Waals surface area contributed by atoms with Crippen LogP contribution in [-0.2, 0) is 9.59 Å². The summed E-state index contributed by atoms with van der Waals surface area (Å²) in [6, 6.07) is 15.4. The van der Waals surface area contributed by atoms with E-state index >= 15 is 0 Å². The van der Waals surface area contributed by atoms with E-state index in [9.17, 15) is 9.59 Å². The van der Waals surface area contributed by atoms with Crippen molar-refractivity contribution in [2.75, 3.05) is 26.2 Å². The summed E-state index contributed by atoms with van der Waals surface area (Å²) in [6.45, 7) is 9.72. The van der Waals surface area contributed by atoms with Crippen LogP contribution in [-0.4, -0.2) is 60.0 Å². The smallest absolute Gasteiger partial charge is 0.263 e. The molecule has 0 spiro atoms. The lowest BCUT2D eigenvalue weighted by molar-refractivity contribution is -0.140. The van der Waals surface area contributed by atoms with Crippen LogP contribution < -0.4 is 9.47 Å². The number of carbonyl (C=O) groups excluding carboxylic acids is 2. The molecule has 0 radical (unpaired) electrons. The Hall–Kier alpha value is -3.02. The first kappa shape index (κ1) is 22.7. The fourth-order valence-electron chi connectivity index (χ4n) is 3.76. The zero-order valence-corrected chi connectivity index (χ0v) is 18.8. The molecule has 0 aliphatic carbocycles. The van der Waals surface area contributed by atoms with Crippen LogP contribution in [0.5, 0.6) is 11.5 Å². The van der Waals surface area contributed by atoms with Gasteiger partial charge in [0.15, 0.2) is 12.2 Å². The molecule has 1 saturated heterocycles. The second-order valence-electron chi connectivity index (χ2n) is 8.16. The predicted octanol–water partition coefficient (Wildman–Crippen LogP) is 3.60. The fraction of sp³-hybridized carbons (Fsp3) is 0.440. The minimum atomic E-state index is -0.576. The lowest BCUT2D eigenvalue weighted by atomic mass is 10.2. The Labute approximate surface area is 184 Å². The van der Waals surface area contributed by atoms with Crippen molar-refractivity contribution in [2.24, 2.45) is 0 Å². The molecular weight excluding hydrogens is 392 g/mol. The molecule has 0 saturated carbocycles. The van der Waals surface area contributed by atoms with Crippen LogP contribution >= 0.6 is 0 Å². The summed E-state index contributed by atoms with van der Waals surface area (Å²) in [5, 5.41) is 0. The van der Waals surface area contributed by atoms with Crippen molar-refractivity contribution < 1.29 is 19.1 Å². The molecule has 2 aromatic carbocycles. The predicted molar refractivity (Wildman–Crippen MR) is 120 cm³/mol. The van der Waals surface area contributed by atoms with E-state index in [0.717, 1.165) is 17.5 Å². The van der Waals surface area contributed by atoms with Gasteiger partial charge >= 0.3 is 0 Å². The molecule has 1 aliphatic rings. The number of amides is 2. The average Bonchev–Trinajstić information content (AvgIpc) is 2.99. The average molecular weight is 425 g/mol. The molecule has 0 bridgehead atoms. The van der Waals surface area contributed by atoms with E-state index in [4.69, 9.17) is 9.47 Å². The lowest BCUT2D eigenvalue weighted by Crippen LogP contribution is -2.45. The number of ether oxygens (including phenoxy) is 2.